The molecule has 0 radical (unpaired) electrons. The van der Waals surface area contributed by atoms with Gasteiger partial charge in [0, 0.05) is 50.5 Å². The summed E-state index contributed by atoms with van der Waals surface area (Å²) in [6.45, 7) is 8.14. The Morgan fingerprint density at radius 3 is 2.33 bits per heavy atom. The topological polar surface area (TPSA) is 85.5 Å². The summed E-state index contributed by atoms with van der Waals surface area (Å²) in [7, 11) is 5.58. The number of imidazole rings is 1. The molecule has 9 heteroatoms. The molecular weight excluding hydrogens is 502 g/mol. The predicted octanol–water partition coefficient (Wildman–Crippen LogP) is 3.97. The zero-order valence-electron chi connectivity index (χ0n) is 23.9. The van der Waals surface area contributed by atoms with Crippen molar-refractivity contribution in [1.29, 1.82) is 0 Å². The Bertz CT molecular complexity index is 1390. The number of hydrogen-bond donors (Lipinski definition) is 2. The molecule has 2 aromatic heterocycles. The highest BCUT2D eigenvalue weighted by atomic mass is 16.5. The van der Waals surface area contributed by atoms with Gasteiger partial charge in [0.25, 0.3) is 0 Å². The van der Waals surface area contributed by atoms with Gasteiger partial charge >= 0.3 is 0 Å². The van der Waals surface area contributed by atoms with E-state index in [1.54, 1.807) is 14.2 Å². The van der Waals surface area contributed by atoms with E-state index in [-0.39, 0.29) is 0 Å². The van der Waals surface area contributed by atoms with Crippen molar-refractivity contribution in [1.82, 2.24) is 34.9 Å². The van der Waals surface area contributed by atoms with Gasteiger partial charge in [0.1, 0.15) is 17.2 Å². The van der Waals surface area contributed by atoms with Gasteiger partial charge < -0.3 is 19.4 Å². The SMILES string of the molecule is COc1cc(CCc2cc(-c3nc4cc(CN5CCC(N6CCN(C)CC6)CC5)ccc4[nH]3)n[nH]2)cc(OC)c1. The van der Waals surface area contributed by atoms with Crippen LogP contribution in [0.5, 0.6) is 11.5 Å². The number of piperidine rings is 1. The fourth-order valence-electron chi connectivity index (χ4n) is 6.06. The first-order valence-corrected chi connectivity index (χ1v) is 14.5. The molecule has 9 nitrogen and oxygen atoms in total. The number of ether oxygens (including phenoxy) is 2. The first-order chi connectivity index (χ1) is 19.6. The molecule has 0 unspecified atom stereocenters. The van der Waals surface area contributed by atoms with Crippen LogP contribution in [0.15, 0.2) is 42.5 Å². The standard InChI is InChI=1S/C31H41N7O2/c1-36-12-14-38(15-13-36)25-8-10-37(11-9-25)21-23-5-7-28-29(18-23)33-31(32-28)30-19-24(34-35-30)6-4-22-16-26(39-2)20-27(17-22)40-3/h5,7,16-20,25H,4,6,8-15,21H2,1-3H3,(H,32,33)(H,34,35). The molecule has 0 bridgehead atoms. The number of benzene rings is 2. The molecule has 2 aromatic carbocycles. The Morgan fingerprint density at radius 2 is 1.60 bits per heavy atom. The minimum absolute atomic E-state index is 0.749. The summed E-state index contributed by atoms with van der Waals surface area (Å²) < 4.78 is 10.8. The highest BCUT2D eigenvalue weighted by Gasteiger charge is 2.26. The maximum Gasteiger partial charge on any atom is 0.159 e. The van der Waals surface area contributed by atoms with Crippen molar-refractivity contribution in [2.45, 2.75) is 38.3 Å². The molecule has 0 spiro atoms. The second-order valence-corrected chi connectivity index (χ2v) is 11.3. The van der Waals surface area contributed by atoms with Crippen LogP contribution in [-0.4, -0.2) is 101 Å². The number of likely N-dealkylation sites (N-methyl/N-ethyl adjacent to an activating group) is 1. The molecular formula is C31H41N7O2. The minimum Gasteiger partial charge on any atom is -0.497 e. The van der Waals surface area contributed by atoms with Crippen LogP contribution >= 0.6 is 0 Å². The molecule has 4 heterocycles. The lowest BCUT2D eigenvalue weighted by molar-refractivity contribution is 0.0658. The number of aryl methyl sites for hydroxylation is 2. The van der Waals surface area contributed by atoms with E-state index < -0.39 is 0 Å². The number of aromatic amines is 2. The highest BCUT2D eigenvalue weighted by Crippen LogP contribution is 2.25. The zero-order chi connectivity index (χ0) is 27.5. The average molecular weight is 544 g/mol. The number of piperazine rings is 1. The van der Waals surface area contributed by atoms with E-state index in [1.165, 1.54) is 57.7 Å². The van der Waals surface area contributed by atoms with Crippen molar-refractivity contribution in [3.8, 4) is 23.0 Å². The largest absolute Gasteiger partial charge is 0.497 e. The average Bonchev–Trinajstić information content (AvgIpc) is 3.64. The van der Waals surface area contributed by atoms with Crippen LogP contribution in [0.2, 0.25) is 0 Å². The van der Waals surface area contributed by atoms with Gasteiger partial charge in [0.05, 0.1) is 25.3 Å². The molecule has 2 aliphatic rings. The first-order valence-electron chi connectivity index (χ1n) is 14.5. The van der Waals surface area contributed by atoms with Gasteiger partial charge in [0.2, 0.25) is 0 Å². The number of H-pyrrole nitrogens is 2. The Kier molecular flexibility index (Phi) is 8.04. The maximum absolute atomic E-state index is 5.40. The van der Waals surface area contributed by atoms with Crippen molar-refractivity contribution in [3.63, 3.8) is 0 Å². The Morgan fingerprint density at radius 1 is 0.850 bits per heavy atom. The molecule has 0 saturated carbocycles. The third-order valence-electron chi connectivity index (χ3n) is 8.53. The third kappa shape index (κ3) is 6.16. The van der Waals surface area contributed by atoms with Crippen molar-refractivity contribution >= 4 is 11.0 Å². The monoisotopic (exact) mass is 543 g/mol. The second kappa shape index (κ2) is 12.0. The van der Waals surface area contributed by atoms with Gasteiger partial charge in [-0.3, -0.25) is 14.9 Å². The van der Waals surface area contributed by atoms with Crippen LogP contribution in [0.1, 0.15) is 29.7 Å². The number of methoxy groups -OCH3 is 2. The van der Waals surface area contributed by atoms with Crippen LogP contribution in [0.4, 0.5) is 0 Å². The summed E-state index contributed by atoms with van der Waals surface area (Å²) >= 11 is 0. The van der Waals surface area contributed by atoms with Gasteiger partial charge in [-0.1, -0.05) is 6.07 Å². The molecule has 2 aliphatic heterocycles. The van der Waals surface area contributed by atoms with Gasteiger partial charge in [-0.05, 0) is 87.3 Å². The van der Waals surface area contributed by atoms with Gasteiger partial charge in [0.15, 0.2) is 5.82 Å². The lowest BCUT2D eigenvalue weighted by Crippen LogP contribution is -2.52. The molecule has 0 aliphatic carbocycles. The van der Waals surface area contributed by atoms with Crippen LogP contribution in [0, 0.1) is 0 Å². The molecule has 4 aromatic rings. The number of nitrogens with one attached hydrogen (secondary N) is 2. The molecule has 0 amide bonds. The molecule has 212 valence electrons. The van der Waals surface area contributed by atoms with E-state index in [0.29, 0.717) is 0 Å². The smallest absolute Gasteiger partial charge is 0.159 e. The number of likely N-dealkylation sites (tertiary alicyclic amines) is 1. The zero-order valence-corrected chi connectivity index (χ0v) is 23.9. The summed E-state index contributed by atoms with van der Waals surface area (Å²) in [6, 6.07) is 15.4. The molecule has 40 heavy (non-hydrogen) atoms. The quantitative estimate of drug-likeness (QED) is 0.331. The van der Waals surface area contributed by atoms with Crippen LogP contribution < -0.4 is 9.47 Å². The predicted molar refractivity (Wildman–Crippen MR) is 158 cm³/mol. The van der Waals surface area contributed by atoms with E-state index in [0.717, 1.165) is 70.7 Å². The Labute approximate surface area is 236 Å². The lowest BCUT2D eigenvalue weighted by Gasteiger charge is -2.42. The van der Waals surface area contributed by atoms with E-state index in [4.69, 9.17) is 14.5 Å². The lowest BCUT2D eigenvalue weighted by atomic mass is 10.0. The Balaban J connectivity index is 1.05. The summed E-state index contributed by atoms with van der Waals surface area (Å²) in [6.07, 6.45) is 4.22. The fraction of sp³-hybridized carbons (Fsp3) is 0.484. The normalized spacial score (nSPS) is 18.0. The van der Waals surface area contributed by atoms with Crippen LogP contribution in [0.25, 0.3) is 22.6 Å². The van der Waals surface area contributed by atoms with E-state index >= 15 is 0 Å². The first kappa shape index (κ1) is 26.8. The molecule has 0 atom stereocenters. The Hall–Kier alpha value is -3.40. The molecule has 2 N–H and O–H groups in total. The third-order valence-corrected chi connectivity index (χ3v) is 8.53. The number of hydrogen-bond acceptors (Lipinski definition) is 7. The summed E-state index contributed by atoms with van der Waals surface area (Å²) in [5.74, 6) is 2.40. The van der Waals surface area contributed by atoms with Gasteiger partial charge in [-0.25, -0.2) is 4.98 Å². The summed E-state index contributed by atoms with van der Waals surface area (Å²) in [5, 5.41) is 7.73. The van der Waals surface area contributed by atoms with Crippen LogP contribution in [-0.2, 0) is 19.4 Å². The molecule has 6 rings (SSSR count). The summed E-state index contributed by atoms with van der Waals surface area (Å²) in [4.78, 5) is 16.1. The van der Waals surface area contributed by atoms with E-state index in [2.05, 4.69) is 61.2 Å². The number of fused-ring (bicyclic) bond motifs is 1. The highest BCUT2D eigenvalue weighted by molar-refractivity contribution is 5.79. The van der Waals surface area contributed by atoms with Crippen molar-refractivity contribution < 1.29 is 9.47 Å². The fourth-order valence-corrected chi connectivity index (χ4v) is 6.06. The molecule has 2 saturated heterocycles. The van der Waals surface area contributed by atoms with E-state index in [1.807, 2.05) is 18.2 Å². The maximum atomic E-state index is 5.40. The number of rotatable bonds is 9. The van der Waals surface area contributed by atoms with Crippen LogP contribution in [0.3, 0.4) is 0 Å². The summed E-state index contributed by atoms with van der Waals surface area (Å²) in [5.41, 5.74) is 6.42. The molecule has 2 fully saturated rings. The minimum atomic E-state index is 0.749. The second-order valence-electron chi connectivity index (χ2n) is 11.3. The van der Waals surface area contributed by atoms with Gasteiger partial charge in [-0.2, -0.15) is 5.10 Å². The van der Waals surface area contributed by atoms with E-state index in [9.17, 15) is 0 Å². The number of aromatic nitrogens is 4. The van der Waals surface area contributed by atoms with Crippen molar-refractivity contribution in [2.75, 3.05) is 60.5 Å². The van der Waals surface area contributed by atoms with Gasteiger partial charge in [-0.15, -0.1) is 0 Å². The number of nitrogens with zero attached hydrogens (tertiary/aromatic N) is 5. The van der Waals surface area contributed by atoms with Crippen molar-refractivity contribution in [3.05, 3.63) is 59.3 Å². The van der Waals surface area contributed by atoms with Crippen molar-refractivity contribution in [2.24, 2.45) is 0 Å².